The zero-order valence-corrected chi connectivity index (χ0v) is 8.52. The zero-order valence-electron chi connectivity index (χ0n) is 8.52. The van der Waals surface area contributed by atoms with Gasteiger partial charge >= 0.3 is 0 Å². The molecule has 1 rings (SSSR count). The molecule has 0 aromatic heterocycles. The Hall–Kier alpha value is -0.930. The lowest BCUT2D eigenvalue weighted by Crippen LogP contribution is -2.26. The summed E-state index contributed by atoms with van der Waals surface area (Å²) in [5, 5.41) is 6.37. The molecule has 0 bridgehead atoms. The zero-order chi connectivity index (χ0) is 10.2. The molecule has 3 heteroatoms. The van der Waals surface area contributed by atoms with E-state index in [1.807, 2.05) is 6.07 Å². The summed E-state index contributed by atoms with van der Waals surface area (Å²) in [4.78, 5) is 0. The molecule has 78 valence electrons. The van der Waals surface area contributed by atoms with Crippen molar-refractivity contribution in [3.8, 4) is 0 Å². The summed E-state index contributed by atoms with van der Waals surface area (Å²) in [6, 6.07) is 6.85. The first kappa shape index (κ1) is 11.1. The maximum atomic E-state index is 13.1. The highest BCUT2D eigenvalue weighted by atomic mass is 19.1. The van der Waals surface area contributed by atoms with Gasteiger partial charge in [-0.3, -0.25) is 0 Å². The third kappa shape index (κ3) is 3.85. The van der Waals surface area contributed by atoms with E-state index < -0.39 is 0 Å². The van der Waals surface area contributed by atoms with Crippen LogP contribution in [-0.2, 0) is 6.54 Å². The molecule has 14 heavy (non-hydrogen) atoms. The van der Waals surface area contributed by atoms with E-state index in [9.17, 15) is 4.39 Å². The van der Waals surface area contributed by atoms with Crippen LogP contribution in [0.3, 0.4) is 0 Å². The lowest BCUT2D eigenvalue weighted by molar-refractivity contribution is 0.577. The van der Waals surface area contributed by atoms with E-state index in [-0.39, 0.29) is 5.82 Å². The molecule has 0 aliphatic carbocycles. The molecular weight excluding hydrogens is 179 g/mol. The number of hydrogen-bond acceptors (Lipinski definition) is 2. The van der Waals surface area contributed by atoms with Gasteiger partial charge in [-0.2, -0.15) is 0 Å². The molecule has 0 heterocycles. The Morgan fingerprint density at radius 1 is 1.14 bits per heavy atom. The van der Waals surface area contributed by atoms with Crippen LogP contribution in [0, 0.1) is 5.82 Å². The highest BCUT2D eigenvalue weighted by Crippen LogP contribution is 2.04. The second-order valence-corrected chi connectivity index (χ2v) is 3.12. The van der Waals surface area contributed by atoms with Gasteiger partial charge in [0.2, 0.25) is 0 Å². The van der Waals surface area contributed by atoms with Crippen molar-refractivity contribution in [2.24, 2.45) is 0 Å². The first-order valence-electron chi connectivity index (χ1n) is 4.99. The monoisotopic (exact) mass is 196 g/mol. The molecule has 1 aromatic carbocycles. The fourth-order valence-corrected chi connectivity index (χ4v) is 1.22. The average Bonchev–Trinajstić information content (AvgIpc) is 2.20. The topological polar surface area (TPSA) is 24.1 Å². The smallest absolute Gasteiger partial charge is 0.127 e. The van der Waals surface area contributed by atoms with Gasteiger partial charge in [-0.15, -0.1) is 0 Å². The highest BCUT2D eigenvalue weighted by molar-refractivity contribution is 5.16. The van der Waals surface area contributed by atoms with E-state index in [2.05, 4.69) is 17.6 Å². The van der Waals surface area contributed by atoms with Crippen LogP contribution in [0.15, 0.2) is 24.3 Å². The van der Waals surface area contributed by atoms with Gasteiger partial charge in [-0.05, 0) is 12.6 Å². The summed E-state index contributed by atoms with van der Waals surface area (Å²) in [7, 11) is 0. The Bertz CT molecular complexity index is 263. The molecule has 0 atom stereocenters. The van der Waals surface area contributed by atoms with Gasteiger partial charge in [0.1, 0.15) is 5.82 Å². The standard InChI is InChI=1S/C11H17FN2/c1-2-13-7-8-14-9-10-5-3-4-6-11(10)12/h3-6,13-14H,2,7-9H2,1H3. The fraction of sp³-hybridized carbons (Fsp3) is 0.455. The minimum absolute atomic E-state index is 0.136. The second-order valence-electron chi connectivity index (χ2n) is 3.12. The summed E-state index contributed by atoms with van der Waals surface area (Å²) in [5.41, 5.74) is 0.726. The van der Waals surface area contributed by atoms with Crippen molar-refractivity contribution in [1.29, 1.82) is 0 Å². The Kier molecular flexibility index (Phi) is 5.19. The number of halogens is 1. The van der Waals surface area contributed by atoms with E-state index in [4.69, 9.17) is 0 Å². The average molecular weight is 196 g/mol. The SMILES string of the molecule is CCNCCNCc1ccccc1F. The van der Waals surface area contributed by atoms with Crippen molar-refractivity contribution < 1.29 is 4.39 Å². The fourth-order valence-electron chi connectivity index (χ4n) is 1.22. The van der Waals surface area contributed by atoms with Gasteiger partial charge in [0, 0.05) is 25.2 Å². The number of nitrogens with one attached hydrogen (secondary N) is 2. The van der Waals surface area contributed by atoms with Crippen LogP contribution in [0.4, 0.5) is 4.39 Å². The van der Waals surface area contributed by atoms with Crippen LogP contribution in [-0.4, -0.2) is 19.6 Å². The maximum absolute atomic E-state index is 13.1. The number of hydrogen-bond donors (Lipinski definition) is 2. The minimum Gasteiger partial charge on any atom is -0.316 e. The Labute approximate surface area is 84.5 Å². The van der Waals surface area contributed by atoms with Crippen molar-refractivity contribution in [1.82, 2.24) is 10.6 Å². The van der Waals surface area contributed by atoms with E-state index >= 15 is 0 Å². The molecule has 0 fully saturated rings. The predicted octanol–water partition coefficient (Wildman–Crippen LogP) is 1.52. The summed E-state index contributed by atoms with van der Waals surface area (Å²) in [5.74, 6) is -0.136. The Morgan fingerprint density at radius 2 is 1.86 bits per heavy atom. The van der Waals surface area contributed by atoms with Gasteiger partial charge in [-0.1, -0.05) is 25.1 Å². The van der Waals surface area contributed by atoms with Gasteiger partial charge in [0.25, 0.3) is 0 Å². The molecule has 0 aliphatic rings. The molecule has 1 aromatic rings. The van der Waals surface area contributed by atoms with Crippen molar-refractivity contribution in [2.45, 2.75) is 13.5 Å². The molecule has 0 aliphatic heterocycles. The van der Waals surface area contributed by atoms with Crippen LogP contribution < -0.4 is 10.6 Å². The van der Waals surface area contributed by atoms with Gasteiger partial charge in [-0.25, -0.2) is 4.39 Å². The molecule has 0 saturated carbocycles. The molecule has 0 amide bonds. The first-order valence-corrected chi connectivity index (χ1v) is 4.99. The van der Waals surface area contributed by atoms with Crippen molar-refractivity contribution in [2.75, 3.05) is 19.6 Å². The minimum atomic E-state index is -0.136. The van der Waals surface area contributed by atoms with Crippen LogP contribution in [0.2, 0.25) is 0 Å². The summed E-state index contributed by atoms with van der Waals surface area (Å²) in [6.45, 7) is 5.42. The molecule has 0 saturated heterocycles. The predicted molar refractivity (Wildman–Crippen MR) is 56.7 cm³/mol. The molecule has 0 unspecified atom stereocenters. The molecule has 2 nitrogen and oxygen atoms in total. The number of rotatable bonds is 6. The third-order valence-corrected chi connectivity index (χ3v) is 2.00. The Balaban J connectivity index is 2.21. The van der Waals surface area contributed by atoms with Crippen LogP contribution in [0.5, 0.6) is 0 Å². The molecule has 0 radical (unpaired) electrons. The van der Waals surface area contributed by atoms with Crippen molar-refractivity contribution in [3.05, 3.63) is 35.6 Å². The van der Waals surface area contributed by atoms with Gasteiger partial charge in [0.15, 0.2) is 0 Å². The van der Waals surface area contributed by atoms with E-state index in [1.54, 1.807) is 12.1 Å². The molecule has 2 N–H and O–H groups in total. The van der Waals surface area contributed by atoms with Crippen LogP contribution in [0.25, 0.3) is 0 Å². The van der Waals surface area contributed by atoms with Crippen LogP contribution in [0.1, 0.15) is 12.5 Å². The summed E-state index contributed by atoms with van der Waals surface area (Å²) < 4.78 is 13.1. The Morgan fingerprint density at radius 3 is 2.57 bits per heavy atom. The maximum Gasteiger partial charge on any atom is 0.127 e. The van der Waals surface area contributed by atoms with Crippen molar-refractivity contribution in [3.63, 3.8) is 0 Å². The van der Waals surface area contributed by atoms with E-state index in [0.29, 0.717) is 6.54 Å². The van der Waals surface area contributed by atoms with E-state index in [0.717, 1.165) is 25.2 Å². The van der Waals surface area contributed by atoms with Gasteiger partial charge in [0.05, 0.1) is 0 Å². The van der Waals surface area contributed by atoms with Gasteiger partial charge < -0.3 is 10.6 Å². The second kappa shape index (κ2) is 6.51. The van der Waals surface area contributed by atoms with Crippen molar-refractivity contribution >= 4 is 0 Å². The lowest BCUT2D eigenvalue weighted by Gasteiger charge is -2.05. The largest absolute Gasteiger partial charge is 0.316 e. The normalized spacial score (nSPS) is 10.4. The highest BCUT2D eigenvalue weighted by Gasteiger charge is 1.98. The lowest BCUT2D eigenvalue weighted by atomic mass is 10.2. The summed E-state index contributed by atoms with van der Waals surface area (Å²) >= 11 is 0. The van der Waals surface area contributed by atoms with Crippen LogP contribution >= 0.6 is 0 Å². The summed E-state index contributed by atoms with van der Waals surface area (Å²) in [6.07, 6.45) is 0. The van der Waals surface area contributed by atoms with E-state index in [1.165, 1.54) is 6.07 Å². The number of benzene rings is 1. The first-order chi connectivity index (χ1) is 6.84. The quantitative estimate of drug-likeness (QED) is 0.674. The third-order valence-electron chi connectivity index (χ3n) is 2.00. The molecule has 0 spiro atoms. The molecular formula is C11H17FN2. The number of likely N-dealkylation sites (N-methyl/N-ethyl adjacent to an activating group) is 1.